The average Bonchev–Trinajstić information content (AvgIpc) is 3.12. The minimum absolute atomic E-state index is 0.0214. The topological polar surface area (TPSA) is 119 Å². The summed E-state index contributed by atoms with van der Waals surface area (Å²) < 4.78 is 29.1. The van der Waals surface area contributed by atoms with E-state index in [1.165, 1.54) is 42.7 Å². The van der Waals surface area contributed by atoms with Gasteiger partial charge >= 0.3 is 0 Å². The van der Waals surface area contributed by atoms with Gasteiger partial charge in [0.2, 0.25) is 11.9 Å². The second kappa shape index (κ2) is 9.67. The first-order valence-electron chi connectivity index (χ1n) is 10.3. The summed E-state index contributed by atoms with van der Waals surface area (Å²) in [4.78, 5) is 20.2. The first-order chi connectivity index (χ1) is 16.3. The van der Waals surface area contributed by atoms with Crippen molar-refractivity contribution in [1.29, 1.82) is 0 Å². The lowest BCUT2D eigenvalue weighted by atomic mass is 10.2. The number of para-hydroxylation sites is 1. The molecule has 0 aliphatic heterocycles. The highest BCUT2D eigenvalue weighted by Gasteiger charge is 2.15. The van der Waals surface area contributed by atoms with Gasteiger partial charge in [0.25, 0.3) is 10.0 Å². The zero-order chi connectivity index (χ0) is 24.1. The zero-order valence-electron chi connectivity index (χ0n) is 18.5. The van der Waals surface area contributed by atoms with Crippen LogP contribution in [0.1, 0.15) is 17.0 Å². The average molecular weight is 475 g/mol. The number of hydrogen-bond donors (Lipinski definition) is 2. The van der Waals surface area contributed by atoms with Crippen molar-refractivity contribution in [1.82, 2.24) is 19.7 Å². The Kier molecular flexibility index (Phi) is 6.51. The second-order valence-electron chi connectivity index (χ2n) is 7.36. The van der Waals surface area contributed by atoms with Crippen LogP contribution in [-0.4, -0.2) is 34.1 Å². The molecular formula is C24H22N6O3S. The normalized spacial score (nSPS) is 11.5. The molecule has 4 aromatic rings. The molecule has 2 heterocycles. The molecule has 172 valence electrons. The van der Waals surface area contributed by atoms with Crippen LogP contribution in [0.3, 0.4) is 0 Å². The van der Waals surface area contributed by atoms with E-state index in [2.05, 4.69) is 25.1 Å². The summed E-state index contributed by atoms with van der Waals surface area (Å²) >= 11 is 0. The summed E-state index contributed by atoms with van der Waals surface area (Å²) in [6.07, 6.45) is 6.01. The van der Waals surface area contributed by atoms with Crippen LogP contribution in [0.4, 0.5) is 11.6 Å². The lowest BCUT2D eigenvalue weighted by Crippen LogP contribution is -2.15. The first-order valence-corrected chi connectivity index (χ1v) is 11.8. The maximum Gasteiger partial charge on any atom is 0.264 e. The maximum absolute atomic E-state index is 12.5. The Hall–Kier alpha value is -4.31. The number of anilines is 2. The molecule has 4 rings (SSSR count). The number of hydrogen-bond acceptors (Lipinski definition) is 6. The van der Waals surface area contributed by atoms with Crippen molar-refractivity contribution >= 4 is 33.6 Å². The lowest BCUT2D eigenvalue weighted by molar-refractivity contribution is -0.111. The third kappa shape index (κ3) is 5.18. The van der Waals surface area contributed by atoms with E-state index in [1.54, 1.807) is 12.1 Å². The molecule has 10 heteroatoms. The van der Waals surface area contributed by atoms with Crippen molar-refractivity contribution in [3.63, 3.8) is 0 Å². The van der Waals surface area contributed by atoms with Gasteiger partial charge in [0.1, 0.15) is 0 Å². The largest absolute Gasteiger partial charge is 0.323 e. The number of amides is 1. The monoisotopic (exact) mass is 474 g/mol. The highest BCUT2D eigenvalue weighted by molar-refractivity contribution is 7.92. The van der Waals surface area contributed by atoms with Crippen LogP contribution in [0.25, 0.3) is 11.8 Å². The number of rotatable bonds is 7. The molecule has 2 aromatic carbocycles. The van der Waals surface area contributed by atoms with Gasteiger partial charge < -0.3 is 5.32 Å². The van der Waals surface area contributed by atoms with E-state index in [4.69, 9.17) is 0 Å². The predicted octanol–water partition coefficient (Wildman–Crippen LogP) is 3.73. The number of carbonyl (C=O) groups is 1. The molecule has 2 aromatic heterocycles. The van der Waals surface area contributed by atoms with E-state index < -0.39 is 10.0 Å². The molecule has 9 nitrogen and oxygen atoms in total. The minimum Gasteiger partial charge on any atom is -0.323 e. The Morgan fingerprint density at radius 3 is 2.29 bits per heavy atom. The molecule has 0 radical (unpaired) electrons. The van der Waals surface area contributed by atoms with Crippen LogP contribution >= 0.6 is 0 Å². The molecular weight excluding hydrogens is 452 g/mol. The molecule has 0 unspecified atom stereocenters. The summed E-state index contributed by atoms with van der Waals surface area (Å²) in [6, 6.07) is 17.1. The van der Waals surface area contributed by atoms with Gasteiger partial charge in [0.05, 0.1) is 16.3 Å². The zero-order valence-corrected chi connectivity index (χ0v) is 19.3. The van der Waals surface area contributed by atoms with Crippen LogP contribution in [0.2, 0.25) is 0 Å². The lowest BCUT2D eigenvalue weighted by Gasteiger charge is -2.07. The van der Waals surface area contributed by atoms with E-state index in [0.29, 0.717) is 5.69 Å². The fourth-order valence-electron chi connectivity index (χ4n) is 3.31. The van der Waals surface area contributed by atoms with Gasteiger partial charge in [-0.2, -0.15) is 5.10 Å². The van der Waals surface area contributed by atoms with Crippen molar-refractivity contribution in [3.05, 3.63) is 96.1 Å². The van der Waals surface area contributed by atoms with Crippen molar-refractivity contribution < 1.29 is 13.2 Å². The van der Waals surface area contributed by atoms with E-state index in [1.807, 2.05) is 48.9 Å². The van der Waals surface area contributed by atoms with E-state index >= 15 is 0 Å². The Morgan fingerprint density at radius 1 is 0.941 bits per heavy atom. The van der Waals surface area contributed by atoms with Gasteiger partial charge in [0.15, 0.2) is 0 Å². The van der Waals surface area contributed by atoms with Crippen molar-refractivity contribution in [2.24, 2.45) is 0 Å². The summed E-state index contributed by atoms with van der Waals surface area (Å²) in [5.41, 5.74) is 3.97. The molecule has 0 bridgehead atoms. The summed E-state index contributed by atoms with van der Waals surface area (Å²) in [5, 5.41) is 7.29. The van der Waals surface area contributed by atoms with Gasteiger partial charge in [-0.15, -0.1) is 0 Å². The number of nitrogens with one attached hydrogen (secondary N) is 2. The summed E-state index contributed by atoms with van der Waals surface area (Å²) in [5.74, 6) is -0.371. The fourth-order valence-corrected chi connectivity index (χ4v) is 4.27. The van der Waals surface area contributed by atoms with Crippen LogP contribution in [0.5, 0.6) is 0 Å². The third-order valence-corrected chi connectivity index (χ3v) is 6.32. The van der Waals surface area contributed by atoms with Crippen molar-refractivity contribution in [2.75, 3.05) is 10.0 Å². The molecule has 0 saturated carbocycles. The van der Waals surface area contributed by atoms with Gasteiger partial charge in [-0.3, -0.25) is 4.79 Å². The van der Waals surface area contributed by atoms with Gasteiger partial charge in [-0.1, -0.05) is 18.2 Å². The summed E-state index contributed by atoms with van der Waals surface area (Å²) in [6.45, 7) is 3.83. The standard InChI is InChI=1S/C24H22N6O3S/c1-17-22(18(2)30(28-17)20-7-4-3-5-8-20)13-14-23(31)27-19-9-11-21(12-10-19)34(32,33)29-24-25-15-6-16-26-24/h3-16H,1-2H3,(H,27,31)(H,25,26,29)/b14-13+. The SMILES string of the molecule is Cc1nn(-c2ccccc2)c(C)c1/C=C/C(=O)Nc1ccc(S(=O)(=O)Nc2ncccn2)cc1. The summed E-state index contributed by atoms with van der Waals surface area (Å²) in [7, 11) is -3.85. The molecule has 0 spiro atoms. The minimum atomic E-state index is -3.85. The quantitative estimate of drug-likeness (QED) is 0.394. The smallest absolute Gasteiger partial charge is 0.264 e. The molecule has 0 fully saturated rings. The van der Waals surface area contributed by atoms with E-state index in [9.17, 15) is 13.2 Å². The second-order valence-corrected chi connectivity index (χ2v) is 9.04. The van der Waals surface area contributed by atoms with Crippen LogP contribution in [0.15, 0.2) is 84.0 Å². The molecule has 2 N–H and O–H groups in total. The molecule has 1 amide bonds. The van der Waals surface area contributed by atoms with Crippen LogP contribution < -0.4 is 10.0 Å². The predicted molar refractivity (Wildman–Crippen MR) is 130 cm³/mol. The third-order valence-electron chi connectivity index (χ3n) is 4.97. The molecule has 0 aliphatic rings. The van der Waals surface area contributed by atoms with E-state index in [0.717, 1.165) is 22.6 Å². The Balaban J connectivity index is 1.43. The highest BCUT2D eigenvalue weighted by Crippen LogP contribution is 2.20. The highest BCUT2D eigenvalue weighted by atomic mass is 32.2. The van der Waals surface area contributed by atoms with Crippen LogP contribution in [0, 0.1) is 13.8 Å². The number of aryl methyl sites for hydroxylation is 1. The molecule has 0 atom stereocenters. The number of aromatic nitrogens is 4. The Bertz CT molecular complexity index is 1430. The number of carbonyl (C=O) groups excluding carboxylic acids is 1. The Labute approximate surface area is 197 Å². The fraction of sp³-hybridized carbons (Fsp3) is 0.0833. The van der Waals surface area contributed by atoms with Gasteiger partial charge in [0, 0.05) is 35.4 Å². The van der Waals surface area contributed by atoms with Crippen molar-refractivity contribution in [2.45, 2.75) is 18.7 Å². The molecule has 0 saturated heterocycles. The van der Waals surface area contributed by atoms with Crippen LogP contribution in [-0.2, 0) is 14.8 Å². The van der Waals surface area contributed by atoms with E-state index in [-0.39, 0.29) is 16.8 Å². The number of benzene rings is 2. The number of sulfonamides is 1. The van der Waals surface area contributed by atoms with Gasteiger partial charge in [-0.05, 0) is 62.4 Å². The molecule has 0 aliphatic carbocycles. The number of nitrogens with zero attached hydrogens (tertiary/aromatic N) is 4. The van der Waals surface area contributed by atoms with Crippen molar-refractivity contribution in [3.8, 4) is 5.69 Å². The first kappa shape index (κ1) is 22.9. The van der Waals surface area contributed by atoms with Gasteiger partial charge in [-0.25, -0.2) is 27.8 Å². The molecule has 34 heavy (non-hydrogen) atoms. The Morgan fingerprint density at radius 2 is 1.62 bits per heavy atom. The maximum atomic E-state index is 12.5.